The minimum atomic E-state index is -0.195. The van der Waals surface area contributed by atoms with E-state index in [1.54, 1.807) is 0 Å². The molecule has 1 rings (SSSR count). The SMILES string of the molecule is CCN(CC)CCC(Cc1ccc(F)cc1Br)NC. The van der Waals surface area contributed by atoms with Crippen LogP contribution >= 0.6 is 15.9 Å². The fraction of sp³-hybridized carbons (Fsp3) is 0.600. The van der Waals surface area contributed by atoms with Crippen molar-refractivity contribution < 1.29 is 4.39 Å². The van der Waals surface area contributed by atoms with Crippen LogP contribution < -0.4 is 5.32 Å². The van der Waals surface area contributed by atoms with Crippen LogP contribution in [0, 0.1) is 5.82 Å². The standard InChI is InChI=1S/C15H24BrFN2/c1-4-19(5-2)9-8-14(18-3)10-12-6-7-13(17)11-15(12)16/h6-7,11,14,18H,4-5,8-10H2,1-3H3. The van der Waals surface area contributed by atoms with E-state index in [4.69, 9.17) is 0 Å². The van der Waals surface area contributed by atoms with Gasteiger partial charge in [-0.25, -0.2) is 4.39 Å². The van der Waals surface area contributed by atoms with E-state index in [0.717, 1.165) is 42.5 Å². The zero-order valence-electron chi connectivity index (χ0n) is 12.0. The number of hydrogen-bond donors (Lipinski definition) is 1. The Labute approximate surface area is 124 Å². The molecule has 1 N–H and O–H groups in total. The number of likely N-dealkylation sites (N-methyl/N-ethyl adjacent to an activating group) is 1. The van der Waals surface area contributed by atoms with Gasteiger partial charge in [-0.15, -0.1) is 0 Å². The number of halogens is 2. The molecule has 0 heterocycles. The van der Waals surface area contributed by atoms with Gasteiger partial charge in [0.2, 0.25) is 0 Å². The van der Waals surface area contributed by atoms with Crippen LogP contribution in [-0.4, -0.2) is 37.6 Å². The van der Waals surface area contributed by atoms with Crippen LogP contribution in [0.5, 0.6) is 0 Å². The number of rotatable bonds is 8. The van der Waals surface area contributed by atoms with Gasteiger partial charge in [-0.05, 0) is 57.2 Å². The second-order valence-electron chi connectivity index (χ2n) is 4.74. The van der Waals surface area contributed by atoms with Gasteiger partial charge in [0.15, 0.2) is 0 Å². The molecule has 19 heavy (non-hydrogen) atoms. The van der Waals surface area contributed by atoms with Crippen molar-refractivity contribution in [3.8, 4) is 0 Å². The summed E-state index contributed by atoms with van der Waals surface area (Å²) in [6.45, 7) is 7.65. The first-order valence-electron chi connectivity index (χ1n) is 6.94. The van der Waals surface area contributed by atoms with Crippen molar-refractivity contribution in [1.82, 2.24) is 10.2 Å². The highest BCUT2D eigenvalue weighted by molar-refractivity contribution is 9.10. The van der Waals surface area contributed by atoms with Crippen molar-refractivity contribution in [2.24, 2.45) is 0 Å². The third-order valence-corrected chi connectivity index (χ3v) is 4.32. The molecule has 0 saturated carbocycles. The Balaban J connectivity index is 2.56. The molecule has 0 aromatic heterocycles. The number of nitrogens with one attached hydrogen (secondary N) is 1. The normalized spacial score (nSPS) is 12.9. The van der Waals surface area contributed by atoms with Gasteiger partial charge in [0.1, 0.15) is 5.82 Å². The van der Waals surface area contributed by atoms with Gasteiger partial charge >= 0.3 is 0 Å². The first kappa shape index (κ1) is 16.6. The molecule has 1 atom stereocenters. The van der Waals surface area contributed by atoms with E-state index in [0.29, 0.717) is 6.04 Å². The summed E-state index contributed by atoms with van der Waals surface area (Å²) in [7, 11) is 1.99. The molecule has 0 fully saturated rings. The zero-order chi connectivity index (χ0) is 14.3. The van der Waals surface area contributed by atoms with E-state index in [1.807, 2.05) is 13.1 Å². The molecule has 0 radical (unpaired) electrons. The lowest BCUT2D eigenvalue weighted by molar-refractivity contribution is 0.283. The summed E-state index contributed by atoms with van der Waals surface area (Å²) in [5.74, 6) is -0.195. The van der Waals surface area contributed by atoms with Gasteiger partial charge in [-0.3, -0.25) is 0 Å². The maximum absolute atomic E-state index is 13.1. The maximum atomic E-state index is 13.1. The summed E-state index contributed by atoms with van der Waals surface area (Å²) in [5, 5.41) is 3.35. The summed E-state index contributed by atoms with van der Waals surface area (Å²) in [5.41, 5.74) is 1.15. The van der Waals surface area contributed by atoms with Crippen molar-refractivity contribution in [1.29, 1.82) is 0 Å². The Morgan fingerprint density at radius 2 is 2.00 bits per heavy atom. The van der Waals surface area contributed by atoms with Crippen molar-refractivity contribution in [3.63, 3.8) is 0 Å². The first-order chi connectivity index (χ1) is 9.10. The minimum Gasteiger partial charge on any atom is -0.317 e. The monoisotopic (exact) mass is 330 g/mol. The smallest absolute Gasteiger partial charge is 0.124 e. The van der Waals surface area contributed by atoms with E-state index in [9.17, 15) is 4.39 Å². The van der Waals surface area contributed by atoms with E-state index in [2.05, 4.69) is 40.0 Å². The Morgan fingerprint density at radius 3 is 2.53 bits per heavy atom. The van der Waals surface area contributed by atoms with Crippen molar-refractivity contribution in [2.75, 3.05) is 26.7 Å². The van der Waals surface area contributed by atoms with Crippen LogP contribution in [-0.2, 0) is 6.42 Å². The highest BCUT2D eigenvalue weighted by atomic mass is 79.9. The van der Waals surface area contributed by atoms with Gasteiger partial charge in [-0.1, -0.05) is 35.8 Å². The molecule has 108 valence electrons. The second-order valence-corrected chi connectivity index (χ2v) is 5.60. The number of nitrogens with zero attached hydrogens (tertiary/aromatic N) is 1. The molecule has 0 aliphatic rings. The fourth-order valence-electron chi connectivity index (χ4n) is 2.18. The number of benzene rings is 1. The van der Waals surface area contributed by atoms with Gasteiger partial charge < -0.3 is 10.2 Å². The molecule has 2 nitrogen and oxygen atoms in total. The van der Waals surface area contributed by atoms with E-state index in [-0.39, 0.29) is 5.82 Å². The third kappa shape index (κ3) is 5.59. The van der Waals surface area contributed by atoms with Crippen LogP contribution in [0.2, 0.25) is 0 Å². The molecule has 1 unspecified atom stereocenters. The molecule has 4 heteroatoms. The van der Waals surface area contributed by atoms with E-state index < -0.39 is 0 Å². The average Bonchev–Trinajstić information content (AvgIpc) is 2.41. The van der Waals surface area contributed by atoms with Crippen molar-refractivity contribution in [3.05, 3.63) is 34.1 Å². The van der Waals surface area contributed by atoms with Crippen molar-refractivity contribution in [2.45, 2.75) is 32.7 Å². The summed E-state index contributed by atoms with van der Waals surface area (Å²) >= 11 is 3.43. The van der Waals surface area contributed by atoms with Crippen LogP contribution in [0.1, 0.15) is 25.8 Å². The lowest BCUT2D eigenvalue weighted by atomic mass is 10.0. The minimum absolute atomic E-state index is 0.195. The topological polar surface area (TPSA) is 15.3 Å². The highest BCUT2D eigenvalue weighted by Crippen LogP contribution is 2.20. The Hall–Kier alpha value is -0.450. The van der Waals surface area contributed by atoms with Crippen LogP contribution in [0.4, 0.5) is 4.39 Å². The lowest BCUT2D eigenvalue weighted by Gasteiger charge is -2.23. The highest BCUT2D eigenvalue weighted by Gasteiger charge is 2.11. The summed E-state index contributed by atoms with van der Waals surface area (Å²) in [4.78, 5) is 2.42. The summed E-state index contributed by atoms with van der Waals surface area (Å²) < 4.78 is 13.9. The van der Waals surface area contributed by atoms with E-state index in [1.165, 1.54) is 12.1 Å². The zero-order valence-corrected chi connectivity index (χ0v) is 13.6. The van der Waals surface area contributed by atoms with Gasteiger partial charge in [0.25, 0.3) is 0 Å². The van der Waals surface area contributed by atoms with E-state index >= 15 is 0 Å². The Bertz CT molecular complexity index is 380. The van der Waals surface area contributed by atoms with Gasteiger partial charge in [-0.2, -0.15) is 0 Å². The Morgan fingerprint density at radius 1 is 1.32 bits per heavy atom. The summed E-state index contributed by atoms with van der Waals surface area (Å²) in [6.07, 6.45) is 2.01. The molecular formula is C15H24BrFN2. The molecule has 0 aliphatic heterocycles. The molecule has 0 saturated heterocycles. The maximum Gasteiger partial charge on any atom is 0.124 e. The van der Waals surface area contributed by atoms with Gasteiger partial charge in [0.05, 0.1) is 0 Å². The number of hydrogen-bond acceptors (Lipinski definition) is 2. The lowest BCUT2D eigenvalue weighted by Crippen LogP contribution is -2.34. The second kappa shape index (κ2) is 8.67. The molecule has 0 spiro atoms. The Kier molecular flexibility index (Phi) is 7.57. The molecule has 1 aromatic carbocycles. The molecule has 0 amide bonds. The quantitative estimate of drug-likeness (QED) is 0.785. The molecule has 0 aliphatic carbocycles. The molecule has 1 aromatic rings. The molecular weight excluding hydrogens is 307 g/mol. The largest absolute Gasteiger partial charge is 0.317 e. The fourth-order valence-corrected chi connectivity index (χ4v) is 2.69. The predicted molar refractivity (Wildman–Crippen MR) is 83.1 cm³/mol. The van der Waals surface area contributed by atoms with Crippen LogP contribution in [0.15, 0.2) is 22.7 Å². The van der Waals surface area contributed by atoms with Crippen molar-refractivity contribution >= 4 is 15.9 Å². The van der Waals surface area contributed by atoms with Crippen LogP contribution in [0.3, 0.4) is 0 Å². The first-order valence-corrected chi connectivity index (χ1v) is 7.73. The van der Waals surface area contributed by atoms with Crippen LogP contribution in [0.25, 0.3) is 0 Å². The average molecular weight is 331 g/mol. The van der Waals surface area contributed by atoms with Gasteiger partial charge in [0, 0.05) is 10.5 Å². The third-order valence-electron chi connectivity index (χ3n) is 3.58. The summed E-state index contributed by atoms with van der Waals surface area (Å²) in [6, 6.07) is 5.34. The predicted octanol–water partition coefficient (Wildman–Crippen LogP) is 3.45. The molecule has 0 bridgehead atoms.